The minimum absolute atomic E-state index is 0.454. The summed E-state index contributed by atoms with van der Waals surface area (Å²) in [4.78, 5) is 4.59. The maximum atomic E-state index is 5.07. The summed E-state index contributed by atoms with van der Waals surface area (Å²) in [5.41, 5.74) is 1.55. The van der Waals surface area contributed by atoms with Crippen molar-refractivity contribution in [2.24, 2.45) is 5.41 Å². The van der Waals surface area contributed by atoms with Crippen molar-refractivity contribution in [3.8, 4) is 0 Å². The fourth-order valence-corrected chi connectivity index (χ4v) is 3.02. The Kier molecular flexibility index (Phi) is 4.86. The summed E-state index contributed by atoms with van der Waals surface area (Å²) in [5.74, 6) is 1.02. The summed E-state index contributed by atoms with van der Waals surface area (Å²) < 4.78 is 7.37. The van der Waals surface area contributed by atoms with Crippen LogP contribution in [0.4, 0.5) is 5.95 Å². The van der Waals surface area contributed by atoms with E-state index in [2.05, 4.69) is 34.9 Å². The van der Waals surface area contributed by atoms with Crippen molar-refractivity contribution in [2.75, 3.05) is 25.6 Å². The van der Waals surface area contributed by atoms with Gasteiger partial charge in [-0.1, -0.05) is 19.8 Å². The van der Waals surface area contributed by atoms with Gasteiger partial charge in [-0.15, -0.1) is 0 Å². The third-order valence-corrected chi connectivity index (χ3v) is 4.07. The van der Waals surface area contributed by atoms with Crippen LogP contribution >= 0.6 is 0 Å². The van der Waals surface area contributed by atoms with Crippen molar-refractivity contribution < 1.29 is 4.74 Å². The smallest absolute Gasteiger partial charge is 0.203 e. The van der Waals surface area contributed by atoms with Gasteiger partial charge in [-0.25, -0.2) is 4.98 Å². The van der Waals surface area contributed by atoms with Crippen LogP contribution in [-0.2, 0) is 11.3 Å². The molecular weight excluding hydrogens is 238 g/mol. The van der Waals surface area contributed by atoms with Gasteiger partial charge < -0.3 is 14.6 Å². The van der Waals surface area contributed by atoms with Crippen LogP contribution in [-0.4, -0.2) is 29.8 Å². The van der Waals surface area contributed by atoms with Gasteiger partial charge in [-0.2, -0.15) is 0 Å². The predicted octanol–water partition coefficient (Wildman–Crippen LogP) is 3.22. The SMILES string of the molecule is COCCCNc1nc(C)cn1CC1(C)CCCC1. The van der Waals surface area contributed by atoms with E-state index < -0.39 is 0 Å². The van der Waals surface area contributed by atoms with Crippen LogP contribution in [0.3, 0.4) is 0 Å². The highest BCUT2D eigenvalue weighted by Gasteiger charge is 2.29. The van der Waals surface area contributed by atoms with Crippen molar-refractivity contribution in [1.82, 2.24) is 9.55 Å². The van der Waals surface area contributed by atoms with Crippen LogP contribution in [0, 0.1) is 12.3 Å². The fourth-order valence-electron chi connectivity index (χ4n) is 3.02. The minimum atomic E-state index is 0.454. The van der Waals surface area contributed by atoms with Crippen LogP contribution < -0.4 is 5.32 Å². The molecule has 19 heavy (non-hydrogen) atoms. The molecule has 0 saturated heterocycles. The largest absolute Gasteiger partial charge is 0.385 e. The number of hydrogen-bond donors (Lipinski definition) is 1. The number of imidazole rings is 1. The number of methoxy groups -OCH3 is 1. The molecule has 108 valence electrons. The Hall–Kier alpha value is -1.03. The van der Waals surface area contributed by atoms with E-state index in [9.17, 15) is 0 Å². The zero-order valence-electron chi connectivity index (χ0n) is 12.5. The van der Waals surface area contributed by atoms with Gasteiger partial charge in [0.25, 0.3) is 0 Å². The first-order valence-electron chi connectivity index (χ1n) is 7.40. The lowest BCUT2D eigenvalue weighted by atomic mass is 9.89. The first-order chi connectivity index (χ1) is 9.13. The number of anilines is 1. The lowest BCUT2D eigenvalue weighted by Crippen LogP contribution is -2.21. The van der Waals surface area contributed by atoms with E-state index in [0.717, 1.165) is 37.8 Å². The zero-order valence-corrected chi connectivity index (χ0v) is 12.5. The quantitative estimate of drug-likeness (QED) is 0.769. The Morgan fingerprint density at radius 2 is 2.16 bits per heavy atom. The number of nitrogens with zero attached hydrogens (tertiary/aromatic N) is 2. The number of nitrogens with one attached hydrogen (secondary N) is 1. The van der Waals surface area contributed by atoms with Gasteiger partial charge in [0, 0.05) is 33.0 Å². The third kappa shape index (κ3) is 3.96. The van der Waals surface area contributed by atoms with Gasteiger partial charge in [0.05, 0.1) is 5.69 Å². The Morgan fingerprint density at radius 3 is 2.84 bits per heavy atom. The molecule has 0 radical (unpaired) electrons. The monoisotopic (exact) mass is 265 g/mol. The molecule has 0 spiro atoms. The van der Waals surface area contributed by atoms with Gasteiger partial charge in [0.15, 0.2) is 0 Å². The number of hydrogen-bond acceptors (Lipinski definition) is 3. The lowest BCUT2D eigenvalue weighted by molar-refractivity contribution is 0.197. The van der Waals surface area contributed by atoms with E-state index in [4.69, 9.17) is 4.74 Å². The van der Waals surface area contributed by atoms with E-state index in [-0.39, 0.29) is 0 Å². The molecule has 1 aliphatic rings. The number of aryl methyl sites for hydroxylation is 1. The van der Waals surface area contributed by atoms with Crippen LogP contribution in [0.15, 0.2) is 6.20 Å². The maximum Gasteiger partial charge on any atom is 0.203 e. The number of aromatic nitrogens is 2. The number of ether oxygens (including phenoxy) is 1. The summed E-state index contributed by atoms with van der Waals surface area (Å²) in [7, 11) is 1.74. The average molecular weight is 265 g/mol. The van der Waals surface area contributed by atoms with Gasteiger partial charge in [-0.05, 0) is 31.6 Å². The topological polar surface area (TPSA) is 39.1 Å². The highest BCUT2D eigenvalue weighted by molar-refractivity contribution is 5.28. The zero-order chi connectivity index (χ0) is 13.7. The molecule has 0 amide bonds. The number of rotatable bonds is 7. The molecule has 2 rings (SSSR count). The second-order valence-corrected chi connectivity index (χ2v) is 6.12. The van der Waals surface area contributed by atoms with Crippen LogP contribution in [0.1, 0.15) is 44.7 Å². The first kappa shape index (κ1) is 14.4. The molecule has 0 aromatic carbocycles. The molecule has 4 heteroatoms. The Morgan fingerprint density at radius 1 is 1.42 bits per heavy atom. The van der Waals surface area contributed by atoms with Gasteiger partial charge >= 0.3 is 0 Å². The van der Waals surface area contributed by atoms with E-state index in [1.165, 1.54) is 25.7 Å². The van der Waals surface area contributed by atoms with Crippen LogP contribution in [0.25, 0.3) is 0 Å². The molecule has 1 aliphatic carbocycles. The molecular formula is C15H27N3O. The van der Waals surface area contributed by atoms with Crippen LogP contribution in [0.5, 0.6) is 0 Å². The molecule has 0 bridgehead atoms. The van der Waals surface area contributed by atoms with Crippen LogP contribution in [0.2, 0.25) is 0 Å². The van der Waals surface area contributed by atoms with Crippen molar-refractivity contribution in [3.05, 3.63) is 11.9 Å². The maximum absolute atomic E-state index is 5.07. The summed E-state index contributed by atoms with van der Waals surface area (Å²) in [6.07, 6.45) is 8.62. The van der Waals surface area contributed by atoms with E-state index in [1.54, 1.807) is 7.11 Å². The predicted molar refractivity (Wildman–Crippen MR) is 78.5 cm³/mol. The Labute approximate surface area is 116 Å². The highest BCUT2D eigenvalue weighted by atomic mass is 16.5. The molecule has 1 heterocycles. The molecule has 0 unspecified atom stereocenters. The molecule has 1 N–H and O–H groups in total. The van der Waals surface area contributed by atoms with Crippen molar-refractivity contribution in [1.29, 1.82) is 0 Å². The van der Waals surface area contributed by atoms with Crippen molar-refractivity contribution >= 4 is 5.95 Å². The first-order valence-corrected chi connectivity index (χ1v) is 7.40. The van der Waals surface area contributed by atoms with Gasteiger partial charge in [0.2, 0.25) is 5.95 Å². The Bertz CT molecular complexity index is 394. The normalized spacial score (nSPS) is 17.8. The fraction of sp³-hybridized carbons (Fsp3) is 0.800. The molecule has 1 aromatic rings. The lowest BCUT2D eigenvalue weighted by Gasteiger charge is -2.25. The van der Waals surface area contributed by atoms with E-state index >= 15 is 0 Å². The minimum Gasteiger partial charge on any atom is -0.385 e. The van der Waals surface area contributed by atoms with Gasteiger partial charge in [0.1, 0.15) is 0 Å². The highest BCUT2D eigenvalue weighted by Crippen LogP contribution is 2.39. The molecule has 0 atom stereocenters. The summed E-state index contributed by atoms with van der Waals surface area (Å²) in [5, 5.41) is 3.43. The molecule has 1 saturated carbocycles. The molecule has 1 fully saturated rings. The second kappa shape index (κ2) is 6.42. The van der Waals surface area contributed by atoms with E-state index in [1.807, 2.05) is 0 Å². The summed E-state index contributed by atoms with van der Waals surface area (Å²) in [6.45, 7) is 7.27. The molecule has 1 aromatic heterocycles. The molecule has 0 aliphatic heterocycles. The third-order valence-electron chi connectivity index (χ3n) is 4.07. The molecule has 4 nitrogen and oxygen atoms in total. The van der Waals surface area contributed by atoms with Crippen molar-refractivity contribution in [2.45, 2.75) is 52.5 Å². The average Bonchev–Trinajstić information content (AvgIpc) is 2.92. The van der Waals surface area contributed by atoms with Crippen molar-refractivity contribution in [3.63, 3.8) is 0 Å². The summed E-state index contributed by atoms with van der Waals surface area (Å²) >= 11 is 0. The van der Waals surface area contributed by atoms with E-state index in [0.29, 0.717) is 5.41 Å². The Balaban J connectivity index is 1.95. The second-order valence-electron chi connectivity index (χ2n) is 6.12. The summed E-state index contributed by atoms with van der Waals surface area (Å²) in [6, 6.07) is 0. The standard InChI is InChI=1S/C15H27N3O/c1-13-11-18(12-15(2)7-4-5-8-15)14(17-13)16-9-6-10-19-3/h11H,4-10,12H2,1-3H3,(H,16,17). The van der Waals surface area contributed by atoms with Gasteiger partial charge in [-0.3, -0.25) is 0 Å².